The van der Waals surface area contributed by atoms with Gasteiger partial charge in [0.2, 0.25) is 0 Å². The van der Waals surface area contributed by atoms with Crippen LogP contribution < -0.4 is 10.2 Å². The fourth-order valence-electron chi connectivity index (χ4n) is 3.21. The zero-order valence-corrected chi connectivity index (χ0v) is 13.5. The lowest BCUT2D eigenvalue weighted by Gasteiger charge is -2.37. The maximum Gasteiger partial charge on any atom is 0.320 e. The molecule has 1 aromatic heterocycles. The van der Waals surface area contributed by atoms with Crippen molar-refractivity contribution in [2.75, 3.05) is 50.5 Å². The second kappa shape index (κ2) is 6.28. The van der Waals surface area contributed by atoms with Crippen molar-refractivity contribution in [1.82, 2.24) is 19.8 Å². The van der Waals surface area contributed by atoms with Gasteiger partial charge in [-0.05, 0) is 12.8 Å². The zero-order valence-electron chi connectivity index (χ0n) is 13.5. The number of nitrogens with one attached hydrogen (secondary N) is 1. The second-order valence-electron chi connectivity index (χ2n) is 5.93. The van der Waals surface area contributed by atoms with Gasteiger partial charge in [-0.1, -0.05) is 0 Å². The highest BCUT2D eigenvalue weighted by molar-refractivity contribution is 5.76. The van der Waals surface area contributed by atoms with Crippen LogP contribution in [0.3, 0.4) is 0 Å². The average Bonchev–Trinajstić information content (AvgIpc) is 2.93. The van der Waals surface area contributed by atoms with Gasteiger partial charge in [0.15, 0.2) is 11.5 Å². The first-order valence-electron chi connectivity index (χ1n) is 7.85. The predicted molar refractivity (Wildman–Crippen MR) is 86.3 cm³/mol. The first-order valence-corrected chi connectivity index (χ1v) is 7.85. The van der Waals surface area contributed by atoms with Gasteiger partial charge >= 0.3 is 6.03 Å². The molecule has 0 spiro atoms. The summed E-state index contributed by atoms with van der Waals surface area (Å²) in [6.07, 6.45) is 3.66. The third-order valence-corrected chi connectivity index (χ3v) is 4.51. The number of hydrogen-bond donors (Lipinski definition) is 1. The normalized spacial score (nSPS) is 21.5. The van der Waals surface area contributed by atoms with Crippen LogP contribution >= 0.6 is 0 Å². The lowest BCUT2D eigenvalue weighted by Crippen LogP contribution is -2.49. The largest absolute Gasteiger partial charge is 0.371 e. The molecule has 122 valence electrons. The second-order valence-corrected chi connectivity index (χ2v) is 5.93. The van der Waals surface area contributed by atoms with Gasteiger partial charge in [-0.15, -0.1) is 0 Å². The summed E-state index contributed by atoms with van der Waals surface area (Å²) in [7, 11) is 3.57. The Kier molecular flexibility index (Phi) is 4.19. The molecule has 2 amide bonds. The Bertz CT molecular complexity index is 641. The van der Waals surface area contributed by atoms with Gasteiger partial charge in [0, 0.05) is 40.3 Å². The molecule has 1 aromatic rings. The van der Waals surface area contributed by atoms with Crippen molar-refractivity contribution in [2.45, 2.75) is 18.9 Å². The van der Waals surface area contributed by atoms with Crippen molar-refractivity contribution in [3.05, 3.63) is 11.9 Å². The van der Waals surface area contributed by atoms with Gasteiger partial charge in [0.1, 0.15) is 11.9 Å². The van der Waals surface area contributed by atoms with Gasteiger partial charge in [0.25, 0.3) is 0 Å². The van der Waals surface area contributed by atoms with E-state index in [4.69, 9.17) is 5.26 Å². The van der Waals surface area contributed by atoms with Gasteiger partial charge in [-0.25, -0.2) is 14.8 Å². The standard InChI is InChI=1S/C15H21N7O/c1-17-14-12(8-16)18-9-13(19-14)21-5-3-4-11(10-21)22-7-6-20(2)15(22)23/h9,11H,3-7,10H2,1-2H3,(H,17,19)/t11-/m1/s1. The monoisotopic (exact) mass is 315 g/mol. The minimum Gasteiger partial charge on any atom is -0.371 e. The van der Waals surface area contributed by atoms with Crippen molar-refractivity contribution in [3.63, 3.8) is 0 Å². The molecule has 3 heterocycles. The molecule has 8 nitrogen and oxygen atoms in total. The lowest BCUT2D eigenvalue weighted by atomic mass is 10.0. The number of carbonyl (C=O) groups excluding carboxylic acids is 1. The summed E-state index contributed by atoms with van der Waals surface area (Å²) >= 11 is 0. The van der Waals surface area contributed by atoms with Crippen LogP contribution in [0.2, 0.25) is 0 Å². The molecule has 2 aliphatic heterocycles. The van der Waals surface area contributed by atoms with Crippen LogP contribution in [0.5, 0.6) is 0 Å². The number of carbonyl (C=O) groups is 1. The van der Waals surface area contributed by atoms with Crippen molar-refractivity contribution < 1.29 is 4.79 Å². The Morgan fingerprint density at radius 1 is 1.39 bits per heavy atom. The molecule has 0 bridgehead atoms. The smallest absolute Gasteiger partial charge is 0.320 e. The highest BCUT2D eigenvalue weighted by Gasteiger charge is 2.34. The van der Waals surface area contributed by atoms with E-state index in [0.717, 1.165) is 44.8 Å². The van der Waals surface area contributed by atoms with Crippen molar-refractivity contribution in [3.8, 4) is 6.07 Å². The molecule has 0 radical (unpaired) electrons. The molecule has 1 N–H and O–H groups in total. The van der Waals surface area contributed by atoms with Crippen LogP contribution in [0.1, 0.15) is 18.5 Å². The van der Waals surface area contributed by atoms with Gasteiger partial charge in [-0.2, -0.15) is 5.26 Å². The molecular weight excluding hydrogens is 294 g/mol. The lowest BCUT2D eigenvalue weighted by molar-refractivity contribution is 0.175. The van der Waals surface area contributed by atoms with E-state index in [1.165, 1.54) is 0 Å². The van der Waals surface area contributed by atoms with E-state index >= 15 is 0 Å². The minimum absolute atomic E-state index is 0.110. The molecule has 0 saturated carbocycles. The number of amides is 2. The van der Waals surface area contributed by atoms with Crippen LogP contribution in [-0.4, -0.2) is 72.1 Å². The fourth-order valence-corrected chi connectivity index (χ4v) is 3.21. The fraction of sp³-hybridized carbons (Fsp3) is 0.600. The number of nitriles is 1. The van der Waals surface area contributed by atoms with Crippen molar-refractivity contribution in [1.29, 1.82) is 5.26 Å². The maximum atomic E-state index is 12.2. The number of piperidine rings is 1. The van der Waals surface area contributed by atoms with Crippen LogP contribution in [0.25, 0.3) is 0 Å². The summed E-state index contributed by atoms with van der Waals surface area (Å²) in [6.45, 7) is 3.21. The number of aromatic nitrogens is 2. The van der Waals surface area contributed by atoms with E-state index in [1.54, 1.807) is 18.1 Å². The molecule has 0 unspecified atom stereocenters. The summed E-state index contributed by atoms with van der Waals surface area (Å²) < 4.78 is 0. The number of rotatable bonds is 3. The van der Waals surface area contributed by atoms with Crippen LogP contribution in [-0.2, 0) is 0 Å². The highest BCUT2D eigenvalue weighted by Crippen LogP contribution is 2.24. The van der Waals surface area contributed by atoms with Crippen LogP contribution in [0.15, 0.2) is 6.20 Å². The minimum atomic E-state index is 0.110. The van der Waals surface area contributed by atoms with Gasteiger partial charge in [-0.3, -0.25) is 0 Å². The van der Waals surface area contributed by atoms with Crippen molar-refractivity contribution >= 4 is 17.7 Å². The summed E-state index contributed by atoms with van der Waals surface area (Å²) in [5, 5.41) is 11.9. The SMILES string of the molecule is CNc1nc(N2CCC[C@@H](N3CCN(C)C3=O)C2)cnc1C#N. The molecular formula is C15H21N7O. The molecule has 8 heteroatoms. The van der Waals surface area contributed by atoms with Gasteiger partial charge in [0.05, 0.1) is 12.2 Å². The van der Waals surface area contributed by atoms with E-state index in [9.17, 15) is 4.79 Å². The van der Waals surface area contributed by atoms with Crippen LogP contribution in [0, 0.1) is 11.3 Å². The number of nitrogens with zero attached hydrogens (tertiary/aromatic N) is 6. The summed E-state index contributed by atoms with van der Waals surface area (Å²) in [6, 6.07) is 2.34. The first-order chi connectivity index (χ1) is 11.1. The number of likely N-dealkylation sites (N-methyl/N-ethyl adjacent to an activating group) is 1. The molecule has 2 aliphatic rings. The summed E-state index contributed by atoms with van der Waals surface area (Å²) in [5.74, 6) is 1.24. The summed E-state index contributed by atoms with van der Waals surface area (Å²) in [4.78, 5) is 26.7. The Morgan fingerprint density at radius 2 is 2.22 bits per heavy atom. The predicted octanol–water partition coefficient (Wildman–Crippen LogP) is 0.726. The topological polar surface area (TPSA) is 88.4 Å². The molecule has 2 saturated heterocycles. The van der Waals surface area contributed by atoms with Gasteiger partial charge < -0.3 is 20.0 Å². The Labute approximate surface area is 135 Å². The molecule has 0 aromatic carbocycles. The third-order valence-electron chi connectivity index (χ3n) is 4.51. The Hall–Kier alpha value is -2.56. The molecule has 0 aliphatic carbocycles. The maximum absolute atomic E-state index is 12.2. The average molecular weight is 315 g/mol. The van der Waals surface area contributed by atoms with E-state index in [1.807, 2.05) is 18.0 Å². The zero-order chi connectivity index (χ0) is 16.4. The molecule has 3 rings (SSSR count). The number of anilines is 2. The molecule has 23 heavy (non-hydrogen) atoms. The Morgan fingerprint density at radius 3 is 2.87 bits per heavy atom. The Balaban J connectivity index is 1.76. The molecule has 2 fully saturated rings. The summed E-state index contributed by atoms with van der Waals surface area (Å²) in [5.41, 5.74) is 0.293. The first kappa shape index (κ1) is 15.3. The number of urea groups is 1. The van der Waals surface area contributed by atoms with E-state index < -0.39 is 0 Å². The molecule has 1 atom stereocenters. The van der Waals surface area contributed by atoms with E-state index in [2.05, 4.69) is 20.2 Å². The van der Waals surface area contributed by atoms with E-state index in [-0.39, 0.29) is 12.1 Å². The number of hydrogen-bond acceptors (Lipinski definition) is 6. The highest BCUT2D eigenvalue weighted by atomic mass is 16.2. The quantitative estimate of drug-likeness (QED) is 0.884. The van der Waals surface area contributed by atoms with E-state index in [0.29, 0.717) is 11.5 Å². The van der Waals surface area contributed by atoms with Crippen LogP contribution in [0.4, 0.5) is 16.4 Å². The van der Waals surface area contributed by atoms with Crippen molar-refractivity contribution in [2.24, 2.45) is 0 Å². The third kappa shape index (κ3) is 2.86.